The van der Waals surface area contributed by atoms with Crippen molar-refractivity contribution in [2.75, 3.05) is 13.2 Å². The summed E-state index contributed by atoms with van der Waals surface area (Å²) in [6, 6.07) is 11.7. The molecule has 1 aromatic carbocycles. The van der Waals surface area contributed by atoms with Crippen molar-refractivity contribution >= 4 is 11.2 Å². The average molecular weight is 268 g/mol. The Hall–Kier alpha value is -2.40. The molecule has 5 heteroatoms. The fourth-order valence-electron chi connectivity index (χ4n) is 2.18. The smallest absolute Gasteiger partial charge is 0.159 e. The van der Waals surface area contributed by atoms with Crippen LogP contribution in [0.5, 0.6) is 5.75 Å². The van der Waals surface area contributed by atoms with Gasteiger partial charge in [-0.2, -0.15) is 0 Å². The van der Waals surface area contributed by atoms with E-state index in [0.29, 0.717) is 13.2 Å². The summed E-state index contributed by atoms with van der Waals surface area (Å²) in [5, 5.41) is 0. The number of nitrogens with zero attached hydrogens (tertiary/aromatic N) is 3. The number of imidazole rings is 1. The first-order chi connectivity index (χ1) is 9.79. The van der Waals surface area contributed by atoms with Gasteiger partial charge in [0.05, 0.1) is 0 Å². The number of hydrogen-bond donors (Lipinski definition) is 1. The van der Waals surface area contributed by atoms with Crippen LogP contribution in [0.15, 0.2) is 42.6 Å². The van der Waals surface area contributed by atoms with Gasteiger partial charge in [-0.05, 0) is 24.3 Å². The van der Waals surface area contributed by atoms with E-state index < -0.39 is 0 Å². The topological polar surface area (TPSA) is 66.0 Å². The van der Waals surface area contributed by atoms with E-state index in [9.17, 15) is 0 Å². The Labute approximate surface area is 117 Å². The van der Waals surface area contributed by atoms with Crippen LogP contribution in [0.4, 0.5) is 0 Å². The van der Waals surface area contributed by atoms with Gasteiger partial charge < -0.3 is 15.0 Å². The van der Waals surface area contributed by atoms with Crippen LogP contribution in [0.2, 0.25) is 0 Å². The van der Waals surface area contributed by atoms with Gasteiger partial charge in [0.25, 0.3) is 0 Å². The largest absolute Gasteiger partial charge is 0.492 e. The molecule has 0 spiro atoms. The summed E-state index contributed by atoms with van der Waals surface area (Å²) in [4.78, 5) is 8.98. The number of pyridine rings is 1. The molecule has 0 aliphatic carbocycles. The molecular formula is C15H16N4O. The molecule has 2 heterocycles. The molecule has 0 aliphatic rings. The van der Waals surface area contributed by atoms with Gasteiger partial charge in [0.1, 0.15) is 23.7 Å². The minimum atomic E-state index is 0.500. The van der Waals surface area contributed by atoms with E-state index >= 15 is 0 Å². The summed E-state index contributed by atoms with van der Waals surface area (Å²) < 4.78 is 7.54. The summed E-state index contributed by atoms with van der Waals surface area (Å²) in [7, 11) is 1.96. The lowest BCUT2D eigenvalue weighted by molar-refractivity contribution is 0.328. The summed E-state index contributed by atoms with van der Waals surface area (Å²) in [5.41, 5.74) is 8.21. The molecule has 102 valence electrons. The van der Waals surface area contributed by atoms with E-state index in [1.165, 1.54) is 0 Å². The van der Waals surface area contributed by atoms with Crippen molar-refractivity contribution < 1.29 is 4.74 Å². The number of benzene rings is 1. The Balaban J connectivity index is 2.04. The fraction of sp³-hybridized carbons (Fsp3) is 0.200. The molecule has 0 unspecified atom stereocenters. The van der Waals surface area contributed by atoms with E-state index in [4.69, 9.17) is 10.5 Å². The van der Waals surface area contributed by atoms with Crippen LogP contribution in [-0.4, -0.2) is 27.7 Å². The standard InChI is InChI=1S/C15H16N4O/c1-19-14(18-13-6-3-8-17-15(13)19)11-4-2-5-12(10-11)20-9-7-16/h2-6,8,10H,7,9,16H2,1H3. The Bertz CT molecular complexity index is 736. The molecule has 20 heavy (non-hydrogen) atoms. The van der Waals surface area contributed by atoms with Crippen LogP contribution >= 0.6 is 0 Å². The van der Waals surface area contributed by atoms with Crippen molar-refractivity contribution in [3.8, 4) is 17.1 Å². The first kappa shape index (κ1) is 12.6. The molecule has 0 radical (unpaired) electrons. The fourth-order valence-corrected chi connectivity index (χ4v) is 2.18. The SMILES string of the molecule is Cn1c(-c2cccc(OCCN)c2)nc2cccnc21. The predicted molar refractivity (Wildman–Crippen MR) is 78.5 cm³/mol. The Kier molecular flexibility index (Phi) is 3.35. The molecule has 0 fully saturated rings. The number of hydrogen-bond acceptors (Lipinski definition) is 4. The molecule has 5 nitrogen and oxygen atoms in total. The number of nitrogens with two attached hydrogens (primary N) is 1. The minimum absolute atomic E-state index is 0.500. The lowest BCUT2D eigenvalue weighted by atomic mass is 10.2. The second-order valence-corrected chi connectivity index (χ2v) is 4.51. The molecule has 0 atom stereocenters. The Morgan fingerprint density at radius 3 is 2.95 bits per heavy atom. The van der Waals surface area contributed by atoms with Crippen molar-refractivity contribution in [3.63, 3.8) is 0 Å². The monoisotopic (exact) mass is 268 g/mol. The van der Waals surface area contributed by atoms with Crippen molar-refractivity contribution in [2.24, 2.45) is 12.8 Å². The third kappa shape index (κ3) is 2.23. The average Bonchev–Trinajstić information content (AvgIpc) is 2.83. The van der Waals surface area contributed by atoms with Crippen molar-refractivity contribution in [3.05, 3.63) is 42.6 Å². The first-order valence-electron chi connectivity index (χ1n) is 6.50. The molecule has 2 N–H and O–H groups in total. The van der Waals surface area contributed by atoms with Crippen molar-refractivity contribution in [1.82, 2.24) is 14.5 Å². The number of ether oxygens (including phenoxy) is 1. The molecule has 0 saturated carbocycles. The lowest BCUT2D eigenvalue weighted by Gasteiger charge is -2.07. The number of rotatable bonds is 4. The van der Waals surface area contributed by atoms with Crippen LogP contribution in [-0.2, 0) is 7.05 Å². The van der Waals surface area contributed by atoms with Crippen molar-refractivity contribution in [1.29, 1.82) is 0 Å². The summed E-state index contributed by atoms with van der Waals surface area (Å²) in [5.74, 6) is 1.67. The maximum atomic E-state index is 5.55. The molecule has 0 amide bonds. The third-order valence-corrected chi connectivity index (χ3v) is 3.11. The molecule has 0 bridgehead atoms. The molecule has 3 aromatic rings. The maximum Gasteiger partial charge on any atom is 0.159 e. The van der Waals surface area contributed by atoms with Crippen LogP contribution in [0.25, 0.3) is 22.6 Å². The number of aromatic nitrogens is 3. The first-order valence-corrected chi connectivity index (χ1v) is 6.50. The lowest BCUT2D eigenvalue weighted by Crippen LogP contribution is -2.10. The number of aryl methyl sites for hydroxylation is 1. The highest BCUT2D eigenvalue weighted by Gasteiger charge is 2.10. The highest BCUT2D eigenvalue weighted by Crippen LogP contribution is 2.25. The van der Waals surface area contributed by atoms with Crippen LogP contribution in [0.3, 0.4) is 0 Å². The quantitative estimate of drug-likeness (QED) is 0.785. The normalized spacial score (nSPS) is 10.9. The van der Waals surface area contributed by atoms with Crippen molar-refractivity contribution in [2.45, 2.75) is 0 Å². The number of fused-ring (bicyclic) bond motifs is 1. The maximum absolute atomic E-state index is 5.55. The van der Waals surface area contributed by atoms with Gasteiger partial charge in [0.15, 0.2) is 5.65 Å². The van der Waals surface area contributed by atoms with Crippen LogP contribution < -0.4 is 10.5 Å². The molecular weight excluding hydrogens is 252 g/mol. The van der Waals surface area contributed by atoms with Crippen LogP contribution in [0, 0.1) is 0 Å². The molecule has 0 aliphatic heterocycles. The summed E-state index contributed by atoms with van der Waals surface area (Å²) in [6.45, 7) is 1.01. The van der Waals surface area contributed by atoms with Gasteiger partial charge in [-0.25, -0.2) is 9.97 Å². The van der Waals surface area contributed by atoms with Gasteiger partial charge in [-0.1, -0.05) is 12.1 Å². The Morgan fingerprint density at radius 2 is 2.15 bits per heavy atom. The zero-order valence-electron chi connectivity index (χ0n) is 11.3. The van der Waals surface area contributed by atoms with E-state index in [1.54, 1.807) is 6.20 Å². The molecule has 3 rings (SSSR count). The van der Waals surface area contributed by atoms with Gasteiger partial charge in [-0.15, -0.1) is 0 Å². The van der Waals surface area contributed by atoms with E-state index in [2.05, 4.69) is 9.97 Å². The highest BCUT2D eigenvalue weighted by atomic mass is 16.5. The second kappa shape index (κ2) is 5.30. The van der Waals surface area contributed by atoms with Gasteiger partial charge in [0.2, 0.25) is 0 Å². The van der Waals surface area contributed by atoms with Gasteiger partial charge in [0, 0.05) is 25.4 Å². The van der Waals surface area contributed by atoms with Gasteiger partial charge >= 0.3 is 0 Å². The van der Waals surface area contributed by atoms with E-state index in [1.807, 2.05) is 48.0 Å². The van der Waals surface area contributed by atoms with E-state index in [0.717, 1.165) is 28.3 Å². The summed E-state index contributed by atoms with van der Waals surface area (Å²) >= 11 is 0. The molecule has 0 saturated heterocycles. The van der Waals surface area contributed by atoms with Gasteiger partial charge in [-0.3, -0.25) is 0 Å². The highest BCUT2D eigenvalue weighted by molar-refractivity contribution is 5.77. The predicted octanol–water partition coefficient (Wildman–Crippen LogP) is 1.97. The van der Waals surface area contributed by atoms with E-state index in [-0.39, 0.29) is 0 Å². The summed E-state index contributed by atoms with van der Waals surface area (Å²) in [6.07, 6.45) is 1.77. The second-order valence-electron chi connectivity index (χ2n) is 4.51. The zero-order valence-corrected chi connectivity index (χ0v) is 11.3. The molecule has 2 aromatic heterocycles. The Morgan fingerprint density at radius 1 is 1.25 bits per heavy atom. The third-order valence-electron chi connectivity index (χ3n) is 3.11. The van der Waals surface area contributed by atoms with Crippen LogP contribution in [0.1, 0.15) is 0 Å². The zero-order chi connectivity index (χ0) is 13.9. The minimum Gasteiger partial charge on any atom is -0.492 e.